The Labute approximate surface area is 167 Å². The van der Waals surface area contributed by atoms with E-state index in [9.17, 15) is 9.18 Å². The molecule has 28 heavy (non-hydrogen) atoms. The first kappa shape index (κ1) is 18.4. The van der Waals surface area contributed by atoms with E-state index in [-0.39, 0.29) is 17.8 Å². The molecular weight excluding hydrogens is 371 g/mol. The van der Waals surface area contributed by atoms with Gasteiger partial charge < -0.3 is 5.32 Å². The minimum absolute atomic E-state index is 0.0439. The second-order valence-corrected chi connectivity index (χ2v) is 7.93. The van der Waals surface area contributed by atoms with E-state index in [1.54, 1.807) is 42.1 Å². The molecule has 0 fully saturated rings. The fourth-order valence-electron chi connectivity index (χ4n) is 3.09. The van der Waals surface area contributed by atoms with Crippen molar-refractivity contribution in [3.8, 4) is 0 Å². The molecule has 0 saturated carbocycles. The molecule has 0 spiro atoms. The van der Waals surface area contributed by atoms with E-state index < -0.39 is 0 Å². The molecule has 0 unspecified atom stereocenters. The van der Waals surface area contributed by atoms with Crippen LogP contribution in [0, 0.1) is 5.82 Å². The topological polar surface area (TPSA) is 41.5 Å². The summed E-state index contributed by atoms with van der Waals surface area (Å²) in [6, 6.07) is 20.0. The molecule has 0 aliphatic carbocycles. The number of halogens is 1. The van der Waals surface area contributed by atoms with Gasteiger partial charge in [-0.2, -0.15) is 0 Å². The second kappa shape index (κ2) is 7.60. The van der Waals surface area contributed by atoms with Gasteiger partial charge in [0.05, 0.1) is 11.4 Å². The van der Waals surface area contributed by atoms with Crippen molar-refractivity contribution in [1.29, 1.82) is 0 Å². The number of carbonyl (C=O) groups is 1. The van der Waals surface area contributed by atoms with Gasteiger partial charge in [0.1, 0.15) is 5.82 Å². The molecule has 0 aromatic heterocycles. The fraction of sp³-hybridized carbons (Fsp3) is 0.130. The Morgan fingerprint density at radius 1 is 0.964 bits per heavy atom. The lowest BCUT2D eigenvalue weighted by Crippen LogP contribution is -2.29. The van der Waals surface area contributed by atoms with Crippen LogP contribution in [0.25, 0.3) is 0 Å². The summed E-state index contributed by atoms with van der Waals surface area (Å²) in [6.45, 7) is 3.84. The lowest BCUT2D eigenvalue weighted by atomic mass is 10.0. The molecule has 1 aliphatic heterocycles. The van der Waals surface area contributed by atoms with E-state index in [4.69, 9.17) is 4.99 Å². The number of hydrogen-bond donors (Lipinski definition) is 1. The number of nitrogens with one attached hydrogen (secondary N) is 1. The minimum Gasteiger partial charge on any atom is -0.350 e. The number of benzene rings is 3. The van der Waals surface area contributed by atoms with Crippen molar-refractivity contribution in [3.05, 3.63) is 89.2 Å². The molecule has 3 aromatic rings. The Kier molecular flexibility index (Phi) is 5.01. The van der Waals surface area contributed by atoms with Crippen molar-refractivity contribution >= 4 is 29.1 Å². The lowest BCUT2D eigenvalue weighted by molar-refractivity contribution is 0.0943. The minimum atomic E-state index is -0.321. The van der Waals surface area contributed by atoms with E-state index in [2.05, 4.69) is 5.32 Å². The quantitative estimate of drug-likeness (QED) is 0.495. The third kappa shape index (κ3) is 3.58. The Morgan fingerprint density at radius 3 is 2.43 bits per heavy atom. The predicted molar refractivity (Wildman–Crippen MR) is 111 cm³/mol. The number of nitrogens with zero attached hydrogens (tertiary/aromatic N) is 1. The molecular formula is C23H19FN2OS. The Hall–Kier alpha value is -2.92. The summed E-state index contributed by atoms with van der Waals surface area (Å²) in [5.41, 5.74) is 3.09. The smallest absolute Gasteiger partial charge is 0.251 e. The molecule has 0 saturated heterocycles. The second-order valence-electron chi connectivity index (χ2n) is 6.85. The average Bonchev–Trinajstić information content (AvgIpc) is 2.84. The maximum absolute atomic E-state index is 14.6. The van der Waals surface area contributed by atoms with Gasteiger partial charge in [0.25, 0.3) is 5.91 Å². The molecule has 1 heterocycles. The monoisotopic (exact) mass is 390 g/mol. The molecule has 0 radical (unpaired) electrons. The molecule has 1 N–H and O–H groups in total. The number of amides is 1. The van der Waals surface area contributed by atoms with Crippen molar-refractivity contribution < 1.29 is 9.18 Å². The Morgan fingerprint density at radius 2 is 1.68 bits per heavy atom. The van der Waals surface area contributed by atoms with E-state index in [1.165, 1.54) is 6.07 Å². The zero-order valence-electron chi connectivity index (χ0n) is 15.6. The fourth-order valence-corrected chi connectivity index (χ4v) is 4.09. The van der Waals surface area contributed by atoms with Gasteiger partial charge in [0.15, 0.2) is 0 Å². The van der Waals surface area contributed by atoms with Gasteiger partial charge in [-0.05, 0) is 50.2 Å². The molecule has 4 rings (SSSR count). The summed E-state index contributed by atoms with van der Waals surface area (Å²) in [5.74, 6) is -0.467. The summed E-state index contributed by atoms with van der Waals surface area (Å²) in [5, 5.41) is 2.90. The van der Waals surface area contributed by atoms with Gasteiger partial charge in [0.2, 0.25) is 0 Å². The van der Waals surface area contributed by atoms with Crippen LogP contribution in [0.2, 0.25) is 0 Å². The Bertz CT molecular complexity index is 1090. The van der Waals surface area contributed by atoms with E-state index >= 15 is 0 Å². The maximum Gasteiger partial charge on any atom is 0.251 e. The van der Waals surface area contributed by atoms with Crippen LogP contribution >= 0.6 is 11.8 Å². The number of aliphatic imine (C=N–C) groups is 1. The standard InChI is InChI=1S/C23H19FN2OS/c1-14(2)25-23(27)15-11-12-21-19(13-15)26-22(16-7-3-5-9-18(16)24)17-8-4-6-10-20(17)28-21/h3-14H,1-2H3,(H,25,27). The first-order valence-corrected chi connectivity index (χ1v) is 9.90. The zero-order chi connectivity index (χ0) is 19.7. The first-order valence-electron chi connectivity index (χ1n) is 9.08. The van der Waals surface area contributed by atoms with Crippen LogP contribution in [0.3, 0.4) is 0 Å². The van der Waals surface area contributed by atoms with E-state index in [0.29, 0.717) is 22.5 Å². The number of hydrogen-bond acceptors (Lipinski definition) is 3. The average molecular weight is 390 g/mol. The third-order valence-electron chi connectivity index (χ3n) is 4.36. The molecule has 3 nitrogen and oxygen atoms in total. The van der Waals surface area contributed by atoms with Gasteiger partial charge in [-0.15, -0.1) is 0 Å². The Balaban J connectivity index is 1.89. The normalized spacial score (nSPS) is 12.6. The van der Waals surface area contributed by atoms with Crippen molar-refractivity contribution in [2.75, 3.05) is 0 Å². The van der Waals surface area contributed by atoms with Crippen molar-refractivity contribution in [3.63, 3.8) is 0 Å². The van der Waals surface area contributed by atoms with Crippen molar-refractivity contribution in [1.82, 2.24) is 5.32 Å². The van der Waals surface area contributed by atoms with Crippen molar-refractivity contribution in [2.45, 2.75) is 29.7 Å². The van der Waals surface area contributed by atoms with Gasteiger partial charge in [-0.1, -0.05) is 42.1 Å². The van der Waals surface area contributed by atoms with Crippen LogP contribution in [0.4, 0.5) is 10.1 Å². The summed E-state index contributed by atoms with van der Waals surface area (Å²) < 4.78 is 14.6. The van der Waals surface area contributed by atoms with E-state index in [0.717, 1.165) is 15.4 Å². The highest BCUT2D eigenvalue weighted by Crippen LogP contribution is 2.41. The highest BCUT2D eigenvalue weighted by Gasteiger charge is 2.21. The molecule has 1 amide bonds. The first-order chi connectivity index (χ1) is 13.5. The molecule has 0 bridgehead atoms. The van der Waals surface area contributed by atoms with Crippen molar-refractivity contribution in [2.24, 2.45) is 4.99 Å². The van der Waals surface area contributed by atoms with E-state index in [1.807, 2.05) is 44.2 Å². The SMILES string of the molecule is CC(C)NC(=O)c1ccc2c(c1)N=C(c1ccccc1F)c1ccccc1S2. The summed E-state index contributed by atoms with van der Waals surface area (Å²) >= 11 is 1.57. The number of carbonyl (C=O) groups excluding carboxylic acids is 1. The largest absolute Gasteiger partial charge is 0.350 e. The van der Waals surface area contributed by atoms with Gasteiger partial charge in [-0.3, -0.25) is 4.79 Å². The molecule has 1 aliphatic rings. The van der Waals surface area contributed by atoms with Crippen LogP contribution < -0.4 is 5.32 Å². The molecule has 140 valence electrons. The van der Waals surface area contributed by atoms with Crippen LogP contribution in [0.1, 0.15) is 35.3 Å². The molecule has 5 heteroatoms. The summed E-state index contributed by atoms with van der Waals surface area (Å²) in [6.07, 6.45) is 0. The van der Waals surface area contributed by atoms with Crippen LogP contribution in [0.15, 0.2) is 81.5 Å². The molecule has 3 aromatic carbocycles. The maximum atomic E-state index is 14.6. The summed E-state index contributed by atoms with van der Waals surface area (Å²) in [7, 11) is 0. The van der Waals surface area contributed by atoms with Gasteiger partial charge in [-0.25, -0.2) is 9.38 Å². The predicted octanol–water partition coefficient (Wildman–Crippen LogP) is 5.60. The number of fused-ring (bicyclic) bond motifs is 2. The highest BCUT2D eigenvalue weighted by atomic mass is 32.2. The number of rotatable bonds is 3. The molecule has 0 atom stereocenters. The lowest BCUT2D eigenvalue weighted by Gasteiger charge is -2.10. The zero-order valence-corrected chi connectivity index (χ0v) is 16.4. The highest BCUT2D eigenvalue weighted by molar-refractivity contribution is 7.99. The van der Waals surface area contributed by atoms with Gasteiger partial charge in [0, 0.05) is 32.5 Å². The van der Waals surface area contributed by atoms with Crippen LogP contribution in [-0.2, 0) is 0 Å². The van der Waals surface area contributed by atoms with Crippen LogP contribution in [-0.4, -0.2) is 17.7 Å². The summed E-state index contributed by atoms with van der Waals surface area (Å²) in [4.78, 5) is 19.2. The third-order valence-corrected chi connectivity index (χ3v) is 5.51. The van der Waals surface area contributed by atoms with Gasteiger partial charge >= 0.3 is 0 Å². The van der Waals surface area contributed by atoms with Crippen LogP contribution in [0.5, 0.6) is 0 Å².